The molecule has 0 aliphatic carbocycles. The molecule has 1 heterocycles. The molecule has 1 aromatic heterocycles. The minimum atomic E-state index is -0.245. The van der Waals surface area contributed by atoms with Crippen LogP contribution in [0.2, 0.25) is 0 Å². The van der Waals surface area contributed by atoms with E-state index in [1.165, 1.54) is 4.68 Å². The summed E-state index contributed by atoms with van der Waals surface area (Å²) in [5.74, 6) is 2.38. The van der Waals surface area contributed by atoms with E-state index < -0.39 is 0 Å². The van der Waals surface area contributed by atoms with Crippen LogP contribution in [0.25, 0.3) is 0 Å². The highest BCUT2D eigenvalue weighted by Gasteiger charge is 2.12. The van der Waals surface area contributed by atoms with Gasteiger partial charge in [-0.3, -0.25) is 4.79 Å². The van der Waals surface area contributed by atoms with Gasteiger partial charge in [-0.1, -0.05) is 12.8 Å². The molecule has 1 aromatic rings. The van der Waals surface area contributed by atoms with Crippen LogP contribution in [0, 0.1) is 12.3 Å². The highest BCUT2D eigenvalue weighted by Crippen LogP contribution is 2.17. The van der Waals surface area contributed by atoms with E-state index in [0.717, 1.165) is 6.42 Å². The molecular formula is C12H16BrN3O2. The molecule has 0 saturated heterocycles. The lowest BCUT2D eigenvalue weighted by Gasteiger charge is -2.18. The van der Waals surface area contributed by atoms with E-state index in [1.807, 2.05) is 6.92 Å². The Labute approximate surface area is 115 Å². The number of nitrogens with zero attached hydrogens (tertiary/aromatic N) is 2. The van der Waals surface area contributed by atoms with Crippen molar-refractivity contribution in [3.8, 4) is 12.3 Å². The number of terminal acetylenes is 1. The maximum Gasteiger partial charge on any atom is 0.284 e. The van der Waals surface area contributed by atoms with Gasteiger partial charge < -0.3 is 10.1 Å². The van der Waals surface area contributed by atoms with Crippen LogP contribution in [-0.4, -0.2) is 29.5 Å². The normalized spacial score (nSPS) is 11.9. The molecule has 6 heteroatoms. The zero-order valence-electron chi connectivity index (χ0n) is 10.4. The summed E-state index contributed by atoms with van der Waals surface area (Å²) in [6.45, 7) is 2.76. The van der Waals surface area contributed by atoms with Crippen molar-refractivity contribution in [3.05, 3.63) is 21.0 Å². The van der Waals surface area contributed by atoms with Crippen LogP contribution in [0.3, 0.4) is 0 Å². The molecule has 0 spiro atoms. The molecule has 0 aliphatic heterocycles. The standard InChI is InChI=1S/C12H16BrN3O2/c1-4-6-16-12(17)11(13)10(7-14-16)15-9(5-2)8-18-3/h1,7,9,15H,5-6,8H2,2-3H3. The number of hydrogen-bond donors (Lipinski definition) is 1. The van der Waals surface area contributed by atoms with Gasteiger partial charge in [0.2, 0.25) is 0 Å². The highest BCUT2D eigenvalue weighted by molar-refractivity contribution is 9.10. The number of rotatable bonds is 6. The fourth-order valence-electron chi connectivity index (χ4n) is 1.45. The number of ether oxygens (including phenoxy) is 1. The largest absolute Gasteiger partial charge is 0.383 e. The van der Waals surface area contributed by atoms with E-state index in [-0.39, 0.29) is 18.1 Å². The third-order valence-electron chi connectivity index (χ3n) is 2.45. The van der Waals surface area contributed by atoms with Gasteiger partial charge in [0.15, 0.2) is 0 Å². The zero-order chi connectivity index (χ0) is 13.5. The molecule has 1 rings (SSSR count). The Morgan fingerprint density at radius 3 is 3.00 bits per heavy atom. The SMILES string of the molecule is C#CCn1ncc(NC(CC)COC)c(Br)c1=O. The summed E-state index contributed by atoms with van der Waals surface area (Å²) in [6.07, 6.45) is 7.63. The fraction of sp³-hybridized carbons (Fsp3) is 0.500. The van der Waals surface area contributed by atoms with Gasteiger partial charge in [-0.25, -0.2) is 4.68 Å². The van der Waals surface area contributed by atoms with Crippen LogP contribution in [0.5, 0.6) is 0 Å². The van der Waals surface area contributed by atoms with Gasteiger partial charge in [0.25, 0.3) is 5.56 Å². The van der Waals surface area contributed by atoms with Gasteiger partial charge in [-0.2, -0.15) is 5.10 Å². The molecule has 98 valence electrons. The van der Waals surface area contributed by atoms with Crippen molar-refractivity contribution in [2.75, 3.05) is 19.0 Å². The van der Waals surface area contributed by atoms with E-state index in [2.05, 4.69) is 32.3 Å². The third kappa shape index (κ3) is 3.59. The second-order valence-corrected chi connectivity index (χ2v) is 4.54. The topological polar surface area (TPSA) is 56.1 Å². The Morgan fingerprint density at radius 2 is 2.44 bits per heavy atom. The summed E-state index contributed by atoms with van der Waals surface area (Å²) < 4.78 is 6.75. The number of aromatic nitrogens is 2. The predicted octanol–water partition coefficient (Wildman–Crippen LogP) is 1.48. The maximum absolute atomic E-state index is 11.9. The predicted molar refractivity (Wildman–Crippen MR) is 74.6 cm³/mol. The number of anilines is 1. The van der Waals surface area contributed by atoms with Crippen molar-refractivity contribution in [1.82, 2.24) is 9.78 Å². The molecule has 1 atom stereocenters. The lowest BCUT2D eigenvalue weighted by atomic mass is 10.2. The van der Waals surface area contributed by atoms with Crippen molar-refractivity contribution in [3.63, 3.8) is 0 Å². The van der Waals surface area contributed by atoms with Crippen LogP contribution in [0.1, 0.15) is 13.3 Å². The Kier molecular flexibility index (Phi) is 5.89. The second-order valence-electron chi connectivity index (χ2n) is 3.74. The van der Waals surface area contributed by atoms with Crippen molar-refractivity contribution >= 4 is 21.6 Å². The van der Waals surface area contributed by atoms with Crippen LogP contribution >= 0.6 is 15.9 Å². The number of nitrogens with one attached hydrogen (secondary N) is 1. The first-order chi connectivity index (χ1) is 8.63. The number of methoxy groups -OCH3 is 1. The molecule has 1 N–H and O–H groups in total. The first-order valence-corrected chi connectivity index (χ1v) is 6.37. The molecule has 0 aromatic carbocycles. The van der Waals surface area contributed by atoms with Gasteiger partial charge >= 0.3 is 0 Å². The zero-order valence-corrected chi connectivity index (χ0v) is 12.0. The smallest absolute Gasteiger partial charge is 0.284 e. The minimum absolute atomic E-state index is 0.135. The van der Waals surface area contributed by atoms with Crippen molar-refractivity contribution in [2.24, 2.45) is 0 Å². The summed E-state index contributed by atoms with van der Waals surface area (Å²) in [4.78, 5) is 11.9. The molecule has 1 unspecified atom stereocenters. The van der Waals surface area contributed by atoms with E-state index in [0.29, 0.717) is 16.8 Å². The molecular weight excluding hydrogens is 298 g/mol. The van der Waals surface area contributed by atoms with Crippen LogP contribution < -0.4 is 10.9 Å². The van der Waals surface area contributed by atoms with E-state index in [1.54, 1.807) is 13.3 Å². The summed E-state index contributed by atoms with van der Waals surface area (Å²) in [6, 6.07) is 0.135. The molecule has 0 saturated carbocycles. The van der Waals surface area contributed by atoms with Crippen LogP contribution in [-0.2, 0) is 11.3 Å². The van der Waals surface area contributed by atoms with Crippen molar-refractivity contribution in [1.29, 1.82) is 0 Å². The number of halogens is 1. The van der Waals surface area contributed by atoms with Gasteiger partial charge in [0.1, 0.15) is 11.0 Å². The Morgan fingerprint density at radius 1 is 1.72 bits per heavy atom. The fourth-order valence-corrected chi connectivity index (χ4v) is 1.87. The molecule has 5 nitrogen and oxygen atoms in total. The minimum Gasteiger partial charge on any atom is -0.383 e. The number of hydrogen-bond acceptors (Lipinski definition) is 4. The van der Waals surface area contributed by atoms with Gasteiger partial charge in [0, 0.05) is 13.2 Å². The van der Waals surface area contributed by atoms with Crippen molar-refractivity contribution < 1.29 is 4.74 Å². The average molecular weight is 314 g/mol. The van der Waals surface area contributed by atoms with Gasteiger partial charge in [-0.05, 0) is 22.4 Å². The first-order valence-electron chi connectivity index (χ1n) is 5.58. The maximum atomic E-state index is 11.9. The first kappa shape index (κ1) is 14.7. The van der Waals surface area contributed by atoms with Crippen LogP contribution in [0.4, 0.5) is 5.69 Å². The van der Waals surface area contributed by atoms with E-state index >= 15 is 0 Å². The third-order valence-corrected chi connectivity index (χ3v) is 3.21. The summed E-state index contributed by atoms with van der Waals surface area (Å²) >= 11 is 3.26. The average Bonchev–Trinajstić information content (AvgIpc) is 2.37. The lowest BCUT2D eigenvalue weighted by Crippen LogP contribution is -2.28. The Balaban J connectivity index is 2.95. The summed E-state index contributed by atoms with van der Waals surface area (Å²) in [5, 5.41) is 7.21. The van der Waals surface area contributed by atoms with Gasteiger partial charge in [0.05, 0.1) is 18.5 Å². The molecule has 18 heavy (non-hydrogen) atoms. The van der Waals surface area contributed by atoms with E-state index in [4.69, 9.17) is 11.2 Å². The monoisotopic (exact) mass is 313 g/mol. The van der Waals surface area contributed by atoms with Crippen molar-refractivity contribution in [2.45, 2.75) is 25.9 Å². The quantitative estimate of drug-likeness (QED) is 0.808. The van der Waals surface area contributed by atoms with E-state index in [9.17, 15) is 4.79 Å². The molecule has 0 fully saturated rings. The van der Waals surface area contributed by atoms with Gasteiger partial charge in [-0.15, -0.1) is 6.42 Å². The second kappa shape index (κ2) is 7.19. The lowest BCUT2D eigenvalue weighted by molar-refractivity contribution is 0.184. The molecule has 0 aliphatic rings. The Hall–Kier alpha value is -1.32. The summed E-state index contributed by atoms with van der Waals surface area (Å²) in [7, 11) is 1.64. The highest BCUT2D eigenvalue weighted by atomic mass is 79.9. The Bertz CT molecular complexity index is 493. The molecule has 0 radical (unpaired) electrons. The van der Waals surface area contributed by atoms with Crippen LogP contribution in [0.15, 0.2) is 15.5 Å². The molecule has 0 bridgehead atoms. The molecule has 0 amide bonds. The summed E-state index contributed by atoms with van der Waals surface area (Å²) in [5.41, 5.74) is 0.405.